The van der Waals surface area contributed by atoms with Crippen molar-refractivity contribution in [2.75, 3.05) is 28.2 Å². The molecule has 0 radical (unpaired) electrons. The summed E-state index contributed by atoms with van der Waals surface area (Å²) in [5, 5.41) is 3.35. The highest BCUT2D eigenvalue weighted by Gasteiger charge is 2.26. The molecule has 2 heterocycles. The molecule has 0 aliphatic carbocycles. The molecule has 2 aliphatic heterocycles. The van der Waals surface area contributed by atoms with Crippen molar-refractivity contribution < 1.29 is 14.4 Å². The van der Waals surface area contributed by atoms with E-state index in [1.807, 2.05) is 12.1 Å². The lowest BCUT2D eigenvalue weighted by molar-refractivity contribution is -0.117. The van der Waals surface area contributed by atoms with Crippen molar-refractivity contribution in [2.24, 2.45) is 0 Å². The lowest BCUT2D eigenvalue weighted by Crippen LogP contribution is -2.27. The van der Waals surface area contributed by atoms with Crippen LogP contribution in [-0.2, 0) is 9.59 Å². The zero-order chi connectivity index (χ0) is 19.7. The van der Waals surface area contributed by atoms with Gasteiger partial charge < -0.3 is 15.1 Å². The molecule has 0 aromatic heterocycles. The van der Waals surface area contributed by atoms with Crippen LogP contribution in [0.25, 0.3) is 0 Å². The number of carbonyl (C=O) groups is 3. The highest BCUT2D eigenvalue weighted by molar-refractivity contribution is 6.31. The highest BCUT2D eigenvalue weighted by atomic mass is 35.5. The lowest BCUT2D eigenvalue weighted by Gasteiger charge is -2.20. The fourth-order valence-corrected chi connectivity index (χ4v) is 3.86. The number of benzene rings is 2. The van der Waals surface area contributed by atoms with E-state index in [1.165, 1.54) is 0 Å². The molecule has 2 aromatic carbocycles. The molecule has 4 rings (SSSR count). The number of halogens is 1. The quantitative estimate of drug-likeness (QED) is 0.851. The van der Waals surface area contributed by atoms with Crippen LogP contribution in [0, 0.1) is 0 Å². The molecule has 28 heavy (non-hydrogen) atoms. The summed E-state index contributed by atoms with van der Waals surface area (Å²) in [6, 6.07) is 12.2. The number of rotatable bonds is 4. The van der Waals surface area contributed by atoms with Crippen LogP contribution in [0.2, 0.25) is 5.02 Å². The molecule has 2 aromatic rings. The third-order valence-electron chi connectivity index (χ3n) is 5.06. The van der Waals surface area contributed by atoms with Gasteiger partial charge in [-0.05, 0) is 49.2 Å². The van der Waals surface area contributed by atoms with Crippen LogP contribution in [0.4, 0.5) is 17.1 Å². The van der Waals surface area contributed by atoms with Crippen molar-refractivity contribution in [1.82, 2.24) is 0 Å². The first-order valence-electron chi connectivity index (χ1n) is 9.34. The van der Waals surface area contributed by atoms with E-state index >= 15 is 0 Å². The van der Waals surface area contributed by atoms with Gasteiger partial charge in [0.05, 0.1) is 11.3 Å². The Bertz CT molecular complexity index is 960. The highest BCUT2D eigenvalue weighted by Crippen LogP contribution is 2.30. The minimum absolute atomic E-state index is 0.00846. The number of hydrogen-bond donors (Lipinski definition) is 1. The van der Waals surface area contributed by atoms with E-state index in [2.05, 4.69) is 5.32 Å². The smallest absolute Gasteiger partial charge is 0.257 e. The van der Waals surface area contributed by atoms with Crippen LogP contribution in [0.3, 0.4) is 0 Å². The Morgan fingerprint density at radius 1 is 0.929 bits per heavy atom. The summed E-state index contributed by atoms with van der Waals surface area (Å²) in [5.74, 6) is -0.238. The van der Waals surface area contributed by atoms with Gasteiger partial charge in [0.25, 0.3) is 5.91 Å². The van der Waals surface area contributed by atoms with Crippen molar-refractivity contribution in [3.05, 3.63) is 53.1 Å². The molecule has 2 aliphatic rings. The number of amides is 3. The van der Waals surface area contributed by atoms with Crippen molar-refractivity contribution in [1.29, 1.82) is 0 Å². The number of nitrogens with zero attached hydrogens (tertiary/aromatic N) is 2. The second kappa shape index (κ2) is 7.64. The van der Waals surface area contributed by atoms with Crippen LogP contribution in [0.1, 0.15) is 36.0 Å². The fraction of sp³-hybridized carbons (Fsp3) is 0.286. The molecular formula is C21H20ClN3O3. The predicted octanol–water partition coefficient (Wildman–Crippen LogP) is 3.85. The Kier molecular flexibility index (Phi) is 5.05. The first kappa shape index (κ1) is 18.5. The zero-order valence-corrected chi connectivity index (χ0v) is 16.0. The van der Waals surface area contributed by atoms with E-state index in [0.717, 1.165) is 18.5 Å². The normalized spacial score (nSPS) is 16.8. The molecule has 1 N–H and O–H groups in total. The first-order valence-corrected chi connectivity index (χ1v) is 9.72. The van der Waals surface area contributed by atoms with E-state index in [1.54, 1.807) is 40.1 Å². The largest absolute Gasteiger partial charge is 0.322 e. The summed E-state index contributed by atoms with van der Waals surface area (Å²) >= 11 is 6.11. The van der Waals surface area contributed by atoms with Gasteiger partial charge in [0.15, 0.2) is 0 Å². The molecule has 0 bridgehead atoms. The average molecular weight is 398 g/mol. The number of nitrogens with one attached hydrogen (secondary N) is 1. The van der Waals surface area contributed by atoms with Crippen molar-refractivity contribution in [3.8, 4) is 0 Å². The molecular weight excluding hydrogens is 378 g/mol. The van der Waals surface area contributed by atoms with Crippen LogP contribution >= 0.6 is 11.6 Å². The Morgan fingerprint density at radius 3 is 2.32 bits per heavy atom. The maximum absolute atomic E-state index is 12.9. The predicted molar refractivity (Wildman–Crippen MR) is 109 cm³/mol. The lowest BCUT2D eigenvalue weighted by atomic mass is 10.1. The molecule has 144 valence electrons. The SMILES string of the molecule is O=C(Nc1cccc(N2CCCC2=O)c1)c1ccc(Cl)cc1N1CCCC1=O. The number of anilines is 3. The van der Waals surface area contributed by atoms with Crippen molar-refractivity contribution in [3.63, 3.8) is 0 Å². The topological polar surface area (TPSA) is 69.7 Å². The second-order valence-corrected chi connectivity index (χ2v) is 7.40. The Hall–Kier alpha value is -2.86. The Morgan fingerprint density at radius 2 is 1.64 bits per heavy atom. The standard InChI is InChI=1S/C21H20ClN3O3/c22-14-8-9-17(18(12-14)25-11-3-7-20(25)27)21(28)23-15-4-1-5-16(13-15)24-10-2-6-19(24)26/h1,4-5,8-9,12-13H,2-3,6-7,10-11H2,(H,23,28). The van der Waals surface area contributed by atoms with Crippen LogP contribution in [-0.4, -0.2) is 30.8 Å². The summed E-state index contributed by atoms with van der Waals surface area (Å²) in [6.07, 6.45) is 2.62. The average Bonchev–Trinajstić information content (AvgIpc) is 3.29. The number of carbonyl (C=O) groups excluding carboxylic acids is 3. The third-order valence-corrected chi connectivity index (χ3v) is 5.29. The van der Waals surface area contributed by atoms with E-state index in [4.69, 9.17) is 11.6 Å². The molecule has 0 unspecified atom stereocenters. The zero-order valence-electron chi connectivity index (χ0n) is 15.3. The van der Waals surface area contributed by atoms with Gasteiger partial charge in [0.2, 0.25) is 11.8 Å². The van der Waals surface area contributed by atoms with E-state index in [0.29, 0.717) is 47.9 Å². The van der Waals surface area contributed by atoms with E-state index < -0.39 is 0 Å². The van der Waals surface area contributed by atoms with Crippen LogP contribution in [0.15, 0.2) is 42.5 Å². The van der Waals surface area contributed by atoms with Gasteiger partial charge >= 0.3 is 0 Å². The number of hydrogen-bond acceptors (Lipinski definition) is 3. The van der Waals surface area contributed by atoms with E-state index in [9.17, 15) is 14.4 Å². The second-order valence-electron chi connectivity index (χ2n) is 6.96. The fourth-order valence-electron chi connectivity index (χ4n) is 3.69. The summed E-state index contributed by atoms with van der Waals surface area (Å²) in [6.45, 7) is 1.26. The van der Waals surface area contributed by atoms with Gasteiger partial charge in [-0.2, -0.15) is 0 Å². The molecule has 3 amide bonds. The Labute approximate surface area is 168 Å². The van der Waals surface area contributed by atoms with Gasteiger partial charge in [-0.1, -0.05) is 17.7 Å². The van der Waals surface area contributed by atoms with Crippen molar-refractivity contribution in [2.45, 2.75) is 25.7 Å². The van der Waals surface area contributed by atoms with Gasteiger partial charge in [0.1, 0.15) is 0 Å². The van der Waals surface area contributed by atoms with Gasteiger partial charge in [-0.25, -0.2) is 0 Å². The Balaban J connectivity index is 1.59. The summed E-state index contributed by atoms with van der Waals surface area (Å²) in [5.41, 5.74) is 2.28. The molecule has 0 saturated carbocycles. The summed E-state index contributed by atoms with van der Waals surface area (Å²) in [4.78, 5) is 40.4. The van der Waals surface area contributed by atoms with E-state index in [-0.39, 0.29) is 17.7 Å². The monoisotopic (exact) mass is 397 g/mol. The van der Waals surface area contributed by atoms with Gasteiger partial charge in [0, 0.05) is 42.3 Å². The first-order chi connectivity index (χ1) is 13.5. The maximum Gasteiger partial charge on any atom is 0.257 e. The van der Waals surface area contributed by atoms with Gasteiger partial charge in [-0.15, -0.1) is 0 Å². The maximum atomic E-state index is 12.9. The molecule has 0 atom stereocenters. The minimum Gasteiger partial charge on any atom is -0.322 e. The molecule has 0 spiro atoms. The summed E-state index contributed by atoms with van der Waals surface area (Å²) < 4.78 is 0. The molecule has 2 fully saturated rings. The molecule has 2 saturated heterocycles. The van der Waals surface area contributed by atoms with Crippen molar-refractivity contribution >= 4 is 46.4 Å². The molecule has 6 nitrogen and oxygen atoms in total. The van der Waals surface area contributed by atoms with Crippen LogP contribution in [0.5, 0.6) is 0 Å². The third kappa shape index (κ3) is 3.60. The van der Waals surface area contributed by atoms with Gasteiger partial charge in [-0.3, -0.25) is 14.4 Å². The summed E-state index contributed by atoms with van der Waals surface area (Å²) in [7, 11) is 0. The van der Waals surface area contributed by atoms with Crippen LogP contribution < -0.4 is 15.1 Å². The minimum atomic E-state index is -0.323. The molecule has 7 heteroatoms.